The summed E-state index contributed by atoms with van der Waals surface area (Å²) in [6.45, 7) is 0.352. The first-order valence-corrected chi connectivity index (χ1v) is 9.04. The third-order valence-corrected chi connectivity index (χ3v) is 5.51. The quantitative estimate of drug-likeness (QED) is 0.564. The Morgan fingerprint density at radius 3 is 2.96 bits per heavy atom. The number of hydrogen-bond acceptors (Lipinski definition) is 7. The van der Waals surface area contributed by atoms with Crippen LogP contribution >= 0.6 is 0 Å². The topological polar surface area (TPSA) is 131 Å². The van der Waals surface area contributed by atoms with Gasteiger partial charge in [0.05, 0.1) is 37.2 Å². The zero-order chi connectivity index (χ0) is 19.0. The highest BCUT2D eigenvalue weighted by molar-refractivity contribution is 5.79. The monoisotopic (exact) mass is 375 g/mol. The molecule has 4 atom stereocenters. The van der Waals surface area contributed by atoms with Crippen molar-refractivity contribution in [3.8, 4) is 0 Å². The van der Waals surface area contributed by atoms with Crippen LogP contribution in [0.2, 0.25) is 0 Å². The van der Waals surface area contributed by atoms with E-state index in [1.165, 1.54) is 0 Å². The van der Waals surface area contributed by atoms with Crippen LogP contribution in [0.1, 0.15) is 19.3 Å². The van der Waals surface area contributed by atoms with Gasteiger partial charge in [-0.05, 0) is 31.1 Å². The van der Waals surface area contributed by atoms with Crippen molar-refractivity contribution >= 4 is 23.4 Å². The van der Waals surface area contributed by atoms with E-state index in [-0.39, 0.29) is 42.2 Å². The minimum Gasteiger partial charge on any atom is -0.394 e. The average Bonchev–Trinajstić information content (AvgIpc) is 3.34. The first-order valence-electron chi connectivity index (χ1n) is 9.04. The first-order chi connectivity index (χ1) is 13.0. The number of hydrogen-bond donors (Lipinski definition) is 4. The second-order valence-corrected chi connectivity index (χ2v) is 7.16. The molecule has 0 unspecified atom stereocenters. The van der Waals surface area contributed by atoms with Gasteiger partial charge in [-0.25, -0.2) is 9.37 Å². The van der Waals surface area contributed by atoms with Crippen LogP contribution in [0.5, 0.6) is 0 Å². The number of anilines is 3. The number of aliphatic hydroxyl groups excluding tert-OH is 1. The van der Waals surface area contributed by atoms with E-state index in [0.717, 1.165) is 25.5 Å². The molecule has 0 aromatic carbocycles. The van der Waals surface area contributed by atoms with Gasteiger partial charge in [-0.3, -0.25) is 9.48 Å². The SMILES string of the molecule is NC(=O)[C@@H]1[C@H]2CC[C@H](C2)[C@@H]1Nc1nc(Nc2cnn(CCO)c2)ncc1F. The third-order valence-electron chi connectivity index (χ3n) is 5.51. The molecule has 5 N–H and O–H groups in total. The van der Waals surface area contributed by atoms with Crippen molar-refractivity contribution in [1.82, 2.24) is 19.7 Å². The van der Waals surface area contributed by atoms with Crippen LogP contribution in [0.4, 0.5) is 21.8 Å². The molecule has 0 radical (unpaired) electrons. The number of nitrogens with two attached hydrogens (primary N) is 1. The van der Waals surface area contributed by atoms with E-state index in [9.17, 15) is 9.18 Å². The average molecular weight is 375 g/mol. The molecule has 4 rings (SSSR count). The Balaban J connectivity index is 1.51. The van der Waals surface area contributed by atoms with Crippen LogP contribution in [0.3, 0.4) is 0 Å². The van der Waals surface area contributed by atoms with Gasteiger partial charge in [0.25, 0.3) is 0 Å². The lowest BCUT2D eigenvalue weighted by Gasteiger charge is -2.30. The Labute approximate surface area is 155 Å². The molecular formula is C17H22FN7O2. The van der Waals surface area contributed by atoms with Crippen LogP contribution in [0, 0.1) is 23.6 Å². The Bertz CT molecular complexity index is 842. The number of carbonyl (C=O) groups is 1. The van der Waals surface area contributed by atoms with Gasteiger partial charge in [-0.2, -0.15) is 10.1 Å². The predicted molar refractivity (Wildman–Crippen MR) is 95.5 cm³/mol. The number of nitrogens with one attached hydrogen (secondary N) is 2. The molecule has 2 bridgehead atoms. The lowest BCUT2D eigenvalue weighted by molar-refractivity contribution is -0.123. The zero-order valence-electron chi connectivity index (χ0n) is 14.7. The van der Waals surface area contributed by atoms with Crippen LogP contribution in [-0.2, 0) is 11.3 Å². The summed E-state index contributed by atoms with van der Waals surface area (Å²) in [6.07, 6.45) is 7.28. The molecule has 0 saturated heterocycles. The predicted octanol–water partition coefficient (Wildman–Crippen LogP) is 0.860. The lowest BCUT2D eigenvalue weighted by atomic mass is 9.84. The minimum absolute atomic E-state index is 0.0210. The molecule has 2 saturated carbocycles. The molecule has 9 nitrogen and oxygen atoms in total. The first kappa shape index (κ1) is 17.7. The van der Waals surface area contributed by atoms with E-state index in [1.807, 2.05) is 0 Å². The van der Waals surface area contributed by atoms with Gasteiger partial charge < -0.3 is 21.5 Å². The van der Waals surface area contributed by atoms with Crippen molar-refractivity contribution in [2.24, 2.45) is 23.5 Å². The smallest absolute Gasteiger partial charge is 0.229 e. The number of amides is 1. The van der Waals surface area contributed by atoms with Gasteiger partial charge >= 0.3 is 0 Å². The van der Waals surface area contributed by atoms with Gasteiger partial charge in [0.15, 0.2) is 11.6 Å². The summed E-state index contributed by atoms with van der Waals surface area (Å²) in [4.78, 5) is 20.0. The Morgan fingerprint density at radius 2 is 2.19 bits per heavy atom. The number of aliphatic hydroxyl groups is 1. The Kier molecular flexibility index (Phi) is 4.65. The van der Waals surface area contributed by atoms with Crippen molar-refractivity contribution in [3.63, 3.8) is 0 Å². The van der Waals surface area contributed by atoms with Crippen LogP contribution in [0.25, 0.3) is 0 Å². The summed E-state index contributed by atoms with van der Waals surface area (Å²) in [5.74, 6) is -0.391. The van der Waals surface area contributed by atoms with Gasteiger partial charge in [-0.1, -0.05) is 0 Å². The summed E-state index contributed by atoms with van der Waals surface area (Å²) < 4.78 is 15.8. The Morgan fingerprint density at radius 1 is 1.37 bits per heavy atom. The third kappa shape index (κ3) is 3.44. The standard InChI is InChI=1S/C17H22FN7O2/c18-12-7-20-17(22-11-6-21-25(8-11)3-4-26)24-16(12)23-14-10-2-1-9(5-10)13(14)15(19)27/h6-10,13-14,26H,1-5H2,(H2,19,27)(H2,20,22,23,24)/t9-,10+,13+,14-/m0/s1. The number of aromatic nitrogens is 4. The number of fused-ring (bicyclic) bond motifs is 2. The van der Waals surface area contributed by atoms with Crippen molar-refractivity contribution < 1.29 is 14.3 Å². The molecule has 0 spiro atoms. The van der Waals surface area contributed by atoms with Gasteiger partial charge in [-0.15, -0.1) is 0 Å². The summed E-state index contributed by atoms with van der Waals surface area (Å²) in [7, 11) is 0. The molecule has 27 heavy (non-hydrogen) atoms. The van der Waals surface area contributed by atoms with Crippen LogP contribution in [-0.4, -0.2) is 43.4 Å². The molecule has 2 aromatic rings. The normalized spacial score (nSPS) is 26.3. The number of nitrogens with zero attached hydrogens (tertiary/aromatic N) is 4. The number of rotatable bonds is 7. The van der Waals surface area contributed by atoms with Crippen molar-refractivity contribution in [2.45, 2.75) is 31.8 Å². The highest BCUT2D eigenvalue weighted by Crippen LogP contribution is 2.49. The van der Waals surface area contributed by atoms with Gasteiger partial charge in [0, 0.05) is 12.2 Å². The van der Waals surface area contributed by atoms with E-state index in [4.69, 9.17) is 10.8 Å². The highest BCUT2D eigenvalue weighted by atomic mass is 19.1. The minimum atomic E-state index is -0.581. The summed E-state index contributed by atoms with van der Waals surface area (Å²) >= 11 is 0. The van der Waals surface area contributed by atoms with Gasteiger partial charge in [0.2, 0.25) is 11.9 Å². The zero-order valence-corrected chi connectivity index (χ0v) is 14.7. The fourth-order valence-corrected chi connectivity index (χ4v) is 4.38. The largest absolute Gasteiger partial charge is 0.394 e. The fraction of sp³-hybridized carbons (Fsp3) is 0.529. The number of halogens is 1. The summed E-state index contributed by atoms with van der Waals surface area (Å²) in [5.41, 5.74) is 6.20. The molecule has 2 fully saturated rings. The molecule has 10 heteroatoms. The van der Waals surface area contributed by atoms with Crippen LogP contribution < -0.4 is 16.4 Å². The lowest BCUT2D eigenvalue weighted by Crippen LogP contribution is -2.42. The maximum atomic E-state index is 14.3. The molecule has 2 aliphatic rings. The molecule has 2 aliphatic carbocycles. The van der Waals surface area contributed by atoms with E-state index in [2.05, 4.69) is 25.7 Å². The molecule has 1 amide bonds. The molecule has 2 heterocycles. The molecule has 144 valence electrons. The number of primary amides is 1. The molecule has 0 aliphatic heterocycles. The molecular weight excluding hydrogens is 353 g/mol. The fourth-order valence-electron chi connectivity index (χ4n) is 4.38. The van der Waals surface area contributed by atoms with E-state index in [0.29, 0.717) is 18.2 Å². The summed E-state index contributed by atoms with van der Waals surface area (Å²) in [6, 6.07) is -0.203. The highest BCUT2D eigenvalue weighted by Gasteiger charge is 2.50. The second-order valence-electron chi connectivity index (χ2n) is 7.16. The summed E-state index contributed by atoms with van der Waals surface area (Å²) in [5, 5.41) is 19.1. The van der Waals surface area contributed by atoms with E-state index < -0.39 is 5.82 Å². The number of carbonyl (C=O) groups excluding carboxylic acids is 1. The van der Waals surface area contributed by atoms with E-state index in [1.54, 1.807) is 17.1 Å². The maximum Gasteiger partial charge on any atom is 0.229 e. The van der Waals surface area contributed by atoms with E-state index >= 15 is 0 Å². The van der Waals surface area contributed by atoms with Crippen molar-refractivity contribution in [2.75, 3.05) is 17.2 Å². The van der Waals surface area contributed by atoms with Crippen molar-refractivity contribution in [3.05, 3.63) is 24.4 Å². The molecule has 2 aromatic heterocycles. The second kappa shape index (κ2) is 7.10. The Hall–Kier alpha value is -2.75. The van der Waals surface area contributed by atoms with Crippen LogP contribution in [0.15, 0.2) is 18.6 Å². The maximum absolute atomic E-state index is 14.3. The van der Waals surface area contributed by atoms with Crippen molar-refractivity contribution in [1.29, 1.82) is 0 Å². The van der Waals surface area contributed by atoms with Gasteiger partial charge in [0.1, 0.15) is 0 Å².